The molecule has 0 aromatic carbocycles. The lowest BCUT2D eigenvalue weighted by Gasteiger charge is -2.26. The van der Waals surface area contributed by atoms with Crippen LogP contribution in [-0.2, 0) is 4.74 Å². The van der Waals surface area contributed by atoms with E-state index in [1.807, 2.05) is 11.0 Å². The van der Waals surface area contributed by atoms with E-state index < -0.39 is 0 Å². The third kappa shape index (κ3) is 2.95. The number of nitrogens with zero attached hydrogens (tertiary/aromatic N) is 5. The fourth-order valence-corrected chi connectivity index (χ4v) is 1.52. The highest BCUT2D eigenvalue weighted by molar-refractivity contribution is 5.38. The number of rotatable bonds is 4. The van der Waals surface area contributed by atoms with E-state index in [2.05, 4.69) is 20.3 Å². The van der Waals surface area contributed by atoms with Gasteiger partial charge in [-0.15, -0.1) is 0 Å². The molecular weight excluding hydrogens is 236 g/mol. The molecule has 1 aromatic rings. The second-order valence-corrected chi connectivity index (χ2v) is 3.54. The van der Waals surface area contributed by atoms with Crippen LogP contribution in [0.1, 0.15) is 0 Å². The molecule has 2 rings (SSSR count). The van der Waals surface area contributed by atoms with Crippen LogP contribution in [0.15, 0.2) is 0 Å². The van der Waals surface area contributed by atoms with E-state index in [1.54, 1.807) is 7.05 Å². The largest absolute Gasteiger partial charge is 0.448 e. The first-order valence-electron chi connectivity index (χ1n) is 5.60. The maximum Gasteiger partial charge on any atom is 0.324 e. The summed E-state index contributed by atoms with van der Waals surface area (Å²) in [6.45, 7) is 2.66. The molecule has 96 valence electrons. The predicted octanol–water partition coefficient (Wildman–Crippen LogP) is -0.348. The van der Waals surface area contributed by atoms with Crippen LogP contribution < -0.4 is 15.0 Å². The van der Waals surface area contributed by atoms with Crippen LogP contribution in [0.4, 0.5) is 11.9 Å². The summed E-state index contributed by atoms with van der Waals surface area (Å²) in [5, 5.41) is 11.3. The number of ether oxygens (including phenoxy) is 2. The molecule has 0 radical (unpaired) electrons. The molecule has 0 spiro atoms. The smallest absolute Gasteiger partial charge is 0.324 e. The van der Waals surface area contributed by atoms with Gasteiger partial charge in [0, 0.05) is 20.1 Å². The third-order valence-electron chi connectivity index (χ3n) is 2.39. The summed E-state index contributed by atoms with van der Waals surface area (Å²) in [7, 11) is 1.71. The van der Waals surface area contributed by atoms with Crippen molar-refractivity contribution in [3.8, 4) is 12.1 Å². The van der Waals surface area contributed by atoms with Crippen molar-refractivity contribution in [1.82, 2.24) is 15.0 Å². The van der Waals surface area contributed by atoms with Crippen molar-refractivity contribution in [2.24, 2.45) is 0 Å². The molecule has 0 aliphatic carbocycles. The minimum absolute atomic E-state index is 0.0876. The molecule has 0 unspecified atom stereocenters. The molecule has 1 fully saturated rings. The monoisotopic (exact) mass is 250 g/mol. The number of hydrogen-bond acceptors (Lipinski definition) is 8. The Hall–Kier alpha value is -2.14. The first-order valence-corrected chi connectivity index (χ1v) is 5.60. The van der Waals surface area contributed by atoms with Gasteiger partial charge in [0.25, 0.3) is 0 Å². The fourth-order valence-electron chi connectivity index (χ4n) is 1.52. The quantitative estimate of drug-likeness (QED) is 0.774. The summed E-state index contributed by atoms with van der Waals surface area (Å²) < 4.78 is 10.4. The van der Waals surface area contributed by atoms with Gasteiger partial charge in [-0.05, 0) is 0 Å². The highest BCUT2D eigenvalue weighted by Gasteiger charge is 2.16. The second-order valence-electron chi connectivity index (χ2n) is 3.54. The summed E-state index contributed by atoms with van der Waals surface area (Å²) in [4.78, 5) is 14.4. The molecule has 0 atom stereocenters. The highest BCUT2D eigenvalue weighted by Crippen LogP contribution is 2.15. The molecule has 18 heavy (non-hydrogen) atoms. The molecule has 1 N–H and O–H groups in total. The van der Waals surface area contributed by atoms with Crippen molar-refractivity contribution in [3.05, 3.63) is 0 Å². The van der Waals surface area contributed by atoms with Gasteiger partial charge >= 0.3 is 6.01 Å². The van der Waals surface area contributed by atoms with Crippen LogP contribution in [0, 0.1) is 11.3 Å². The van der Waals surface area contributed by atoms with Crippen LogP contribution in [0.5, 0.6) is 6.01 Å². The molecule has 0 bridgehead atoms. The minimum Gasteiger partial charge on any atom is -0.448 e. The summed E-state index contributed by atoms with van der Waals surface area (Å²) in [5.41, 5.74) is 0. The summed E-state index contributed by atoms with van der Waals surface area (Å²) >= 11 is 0. The van der Waals surface area contributed by atoms with Gasteiger partial charge in [-0.3, -0.25) is 0 Å². The van der Waals surface area contributed by atoms with E-state index in [-0.39, 0.29) is 12.6 Å². The van der Waals surface area contributed by atoms with Gasteiger partial charge in [-0.2, -0.15) is 20.2 Å². The molecule has 8 nitrogen and oxygen atoms in total. The lowest BCUT2D eigenvalue weighted by atomic mass is 10.4. The molecule has 1 aliphatic rings. The molecule has 0 amide bonds. The molecule has 8 heteroatoms. The molecule has 0 saturated carbocycles. The normalized spacial score (nSPS) is 15.0. The Morgan fingerprint density at radius 3 is 2.83 bits per heavy atom. The van der Waals surface area contributed by atoms with Crippen molar-refractivity contribution < 1.29 is 9.47 Å². The average Bonchev–Trinajstić information content (AvgIpc) is 2.45. The van der Waals surface area contributed by atoms with Gasteiger partial charge in [0.1, 0.15) is 6.07 Å². The number of nitrogens with one attached hydrogen (secondary N) is 1. The van der Waals surface area contributed by atoms with Gasteiger partial charge in [0.15, 0.2) is 6.61 Å². The zero-order chi connectivity index (χ0) is 12.8. The number of aromatic nitrogens is 3. The Morgan fingerprint density at radius 1 is 1.39 bits per heavy atom. The second kappa shape index (κ2) is 5.97. The lowest BCUT2D eigenvalue weighted by molar-refractivity contribution is 0.122. The first kappa shape index (κ1) is 12.3. The van der Waals surface area contributed by atoms with E-state index in [0.29, 0.717) is 25.1 Å². The first-order chi connectivity index (χ1) is 8.83. The Bertz CT molecular complexity index is 440. The number of anilines is 2. The zero-order valence-electron chi connectivity index (χ0n) is 10.1. The van der Waals surface area contributed by atoms with Crippen LogP contribution in [0.2, 0.25) is 0 Å². The molecule has 1 saturated heterocycles. The molecular formula is C10H14N6O2. The van der Waals surface area contributed by atoms with E-state index in [4.69, 9.17) is 14.7 Å². The van der Waals surface area contributed by atoms with Gasteiger partial charge in [-0.25, -0.2) is 0 Å². The molecule has 1 aliphatic heterocycles. The van der Waals surface area contributed by atoms with E-state index >= 15 is 0 Å². The highest BCUT2D eigenvalue weighted by atomic mass is 16.5. The number of morpholine rings is 1. The Morgan fingerprint density at radius 2 is 2.17 bits per heavy atom. The van der Waals surface area contributed by atoms with E-state index in [0.717, 1.165) is 13.1 Å². The fraction of sp³-hybridized carbons (Fsp3) is 0.600. The summed E-state index contributed by atoms with van der Waals surface area (Å²) in [6.07, 6.45) is 0. The third-order valence-corrected chi connectivity index (χ3v) is 2.39. The molecule has 1 aromatic heterocycles. The van der Waals surface area contributed by atoms with Gasteiger partial charge < -0.3 is 19.7 Å². The topological polar surface area (TPSA) is 96.2 Å². The van der Waals surface area contributed by atoms with Crippen LogP contribution >= 0.6 is 0 Å². The average molecular weight is 250 g/mol. The standard InChI is InChI=1S/C10H14N6O2/c1-12-8-13-9(16-3-6-17-7-4-16)15-10(14-8)18-5-2-11/h3-7H2,1H3,(H,12,13,14,15). The zero-order valence-corrected chi connectivity index (χ0v) is 10.1. The summed E-state index contributed by atoms with van der Waals surface area (Å²) in [6, 6.07) is 2.03. The maximum absolute atomic E-state index is 8.48. The minimum atomic E-state index is -0.0876. The molecule has 2 heterocycles. The van der Waals surface area contributed by atoms with Crippen molar-refractivity contribution in [1.29, 1.82) is 5.26 Å². The van der Waals surface area contributed by atoms with E-state index in [1.165, 1.54) is 0 Å². The lowest BCUT2D eigenvalue weighted by Crippen LogP contribution is -2.37. The predicted molar refractivity (Wildman–Crippen MR) is 63.5 cm³/mol. The Kier molecular flexibility index (Phi) is 4.09. The van der Waals surface area contributed by atoms with E-state index in [9.17, 15) is 0 Å². The van der Waals surface area contributed by atoms with Gasteiger partial charge in [-0.1, -0.05) is 0 Å². The summed E-state index contributed by atoms with van der Waals surface area (Å²) in [5.74, 6) is 0.949. The Labute approximate surface area is 105 Å². The maximum atomic E-state index is 8.48. The van der Waals surface area contributed by atoms with Crippen LogP contribution in [0.3, 0.4) is 0 Å². The van der Waals surface area contributed by atoms with Gasteiger partial charge in [0.2, 0.25) is 11.9 Å². The SMILES string of the molecule is CNc1nc(OCC#N)nc(N2CCOCC2)n1. The van der Waals surface area contributed by atoms with Crippen molar-refractivity contribution in [2.45, 2.75) is 0 Å². The number of hydrogen-bond donors (Lipinski definition) is 1. The van der Waals surface area contributed by atoms with Crippen molar-refractivity contribution >= 4 is 11.9 Å². The Balaban J connectivity index is 2.19. The van der Waals surface area contributed by atoms with Crippen LogP contribution in [0.25, 0.3) is 0 Å². The van der Waals surface area contributed by atoms with Crippen molar-refractivity contribution in [2.75, 3.05) is 50.2 Å². The van der Waals surface area contributed by atoms with Gasteiger partial charge in [0.05, 0.1) is 13.2 Å². The number of nitriles is 1. The van der Waals surface area contributed by atoms with Crippen LogP contribution in [-0.4, -0.2) is 54.9 Å². The van der Waals surface area contributed by atoms with Crippen molar-refractivity contribution in [3.63, 3.8) is 0 Å².